The van der Waals surface area contributed by atoms with Gasteiger partial charge in [0.25, 0.3) is 11.8 Å². The molecule has 3 aromatic rings. The van der Waals surface area contributed by atoms with Crippen molar-refractivity contribution in [1.82, 2.24) is 0 Å². The van der Waals surface area contributed by atoms with Gasteiger partial charge in [0.2, 0.25) is 0 Å². The van der Waals surface area contributed by atoms with Gasteiger partial charge in [0, 0.05) is 22.5 Å². The van der Waals surface area contributed by atoms with Gasteiger partial charge in [-0.25, -0.2) is 0 Å². The Bertz CT molecular complexity index is 946. The number of hydrogen-bond acceptors (Lipinski definition) is 2. The van der Waals surface area contributed by atoms with Crippen LogP contribution in [0.2, 0.25) is 0 Å². The van der Waals surface area contributed by atoms with Crippen molar-refractivity contribution in [1.29, 1.82) is 0 Å². The van der Waals surface area contributed by atoms with Crippen LogP contribution in [0.4, 0.5) is 11.4 Å². The molecule has 0 fully saturated rings. The lowest BCUT2D eigenvalue weighted by atomic mass is 10.1. The van der Waals surface area contributed by atoms with Crippen LogP contribution in [-0.2, 0) is 0 Å². The van der Waals surface area contributed by atoms with Gasteiger partial charge in [-0.1, -0.05) is 35.9 Å². The second-order valence-corrected chi connectivity index (χ2v) is 6.22. The summed E-state index contributed by atoms with van der Waals surface area (Å²) in [6, 6.07) is 21.8. The number of nitrogens with one attached hydrogen (secondary N) is 2. The first kappa shape index (κ1) is 17.4. The number of carbonyl (C=O) groups excluding carboxylic acids is 2. The Hall–Kier alpha value is -3.40. The number of hydrogen-bond donors (Lipinski definition) is 2. The lowest BCUT2D eigenvalue weighted by Gasteiger charge is -2.09. The number of anilines is 2. The van der Waals surface area contributed by atoms with E-state index in [0.717, 1.165) is 22.5 Å². The quantitative estimate of drug-likeness (QED) is 0.714. The van der Waals surface area contributed by atoms with Gasteiger partial charge in [-0.2, -0.15) is 0 Å². The van der Waals surface area contributed by atoms with Crippen LogP contribution in [-0.4, -0.2) is 11.8 Å². The number of aryl methyl sites for hydroxylation is 2. The Morgan fingerprint density at radius 3 is 1.81 bits per heavy atom. The Balaban J connectivity index is 1.73. The predicted octanol–water partition coefficient (Wildman–Crippen LogP) is 4.81. The molecule has 3 rings (SSSR count). The molecular formula is C22H20N2O2. The molecule has 0 aliphatic heterocycles. The van der Waals surface area contributed by atoms with Crippen LogP contribution >= 0.6 is 0 Å². The fourth-order valence-corrected chi connectivity index (χ4v) is 2.57. The second kappa shape index (κ2) is 7.66. The highest BCUT2D eigenvalue weighted by Gasteiger charge is 2.11. The highest BCUT2D eigenvalue weighted by atomic mass is 16.2. The van der Waals surface area contributed by atoms with Crippen molar-refractivity contribution >= 4 is 23.2 Å². The first-order valence-corrected chi connectivity index (χ1v) is 8.37. The van der Waals surface area contributed by atoms with Crippen molar-refractivity contribution < 1.29 is 9.59 Å². The molecule has 0 aromatic heterocycles. The van der Waals surface area contributed by atoms with Crippen molar-refractivity contribution in [3.63, 3.8) is 0 Å². The second-order valence-electron chi connectivity index (χ2n) is 6.22. The zero-order valence-electron chi connectivity index (χ0n) is 14.7. The molecule has 0 aliphatic rings. The number of benzene rings is 3. The molecule has 0 bridgehead atoms. The van der Waals surface area contributed by atoms with Crippen molar-refractivity contribution in [3.8, 4) is 0 Å². The van der Waals surface area contributed by atoms with Gasteiger partial charge in [-0.3, -0.25) is 9.59 Å². The summed E-state index contributed by atoms with van der Waals surface area (Å²) >= 11 is 0. The highest BCUT2D eigenvalue weighted by molar-refractivity contribution is 6.08. The lowest BCUT2D eigenvalue weighted by Crippen LogP contribution is -2.15. The maximum atomic E-state index is 12.5. The molecule has 4 heteroatoms. The summed E-state index contributed by atoms with van der Waals surface area (Å²) in [4.78, 5) is 24.9. The smallest absolute Gasteiger partial charge is 0.255 e. The highest BCUT2D eigenvalue weighted by Crippen LogP contribution is 2.14. The zero-order chi connectivity index (χ0) is 18.5. The molecule has 4 nitrogen and oxygen atoms in total. The van der Waals surface area contributed by atoms with E-state index < -0.39 is 0 Å². The monoisotopic (exact) mass is 344 g/mol. The summed E-state index contributed by atoms with van der Waals surface area (Å²) in [5.74, 6) is -0.500. The normalized spacial score (nSPS) is 10.2. The summed E-state index contributed by atoms with van der Waals surface area (Å²) in [6.45, 7) is 3.95. The minimum Gasteiger partial charge on any atom is -0.322 e. The van der Waals surface area contributed by atoms with Crippen LogP contribution in [0.1, 0.15) is 31.8 Å². The Kier molecular flexibility index (Phi) is 5.13. The van der Waals surface area contributed by atoms with Gasteiger partial charge in [0.1, 0.15) is 0 Å². The molecule has 3 aromatic carbocycles. The van der Waals surface area contributed by atoms with E-state index in [2.05, 4.69) is 10.6 Å². The molecule has 0 unspecified atom stereocenters. The van der Waals surface area contributed by atoms with Gasteiger partial charge >= 0.3 is 0 Å². The molecule has 2 N–H and O–H groups in total. The minimum atomic E-state index is -0.251. The van der Waals surface area contributed by atoms with Crippen LogP contribution in [0.25, 0.3) is 0 Å². The molecule has 0 aliphatic carbocycles. The van der Waals surface area contributed by atoms with Crippen molar-refractivity contribution in [2.75, 3.05) is 10.6 Å². The minimum absolute atomic E-state index is 0.249. The van der Waals surface area contributed by atoms with Crippen LogP contribution in [0.3, 0.4) is 0 Å². The third kappa shape index (κ3) is 4.36. The molecule has 2 amide bonds. The maximum Gasteiger partial charge on any atom is 0.255 e. The Morgan fingerprint density at radius 1 is 0.615 bits per heavy atom. The average Bonchev–Trinajstić information content (AvgIpc) is 2.64. The molecule has 26 heavy (non-hydrogen) atoms. The number of rotatable bonds is 4. The van der Waals surface area contributed by atoms with Gasteiger partial charge in [0.15, 0.2) is 0 Å². The van der Waals surface area contributed by atoms with Gasteiger partial charge in [-0.15, -0.1) is 0 Å². The SMILES string of the molecule is Cc1ccc(NC(=O)c2cccc(C(=O)Nc3cccc(C)c3)c2)cc1. The standard InChI is InChI=1S/C22H20N2O2/c1-15-9-11-19(12-10-15)23-21(25)17-6-4-7-18(14-17)22(26)24-20-8-3-5-16(2)13-20/h3-14H,1-2H3,(H,23,25)(H,24,26). The maximum absolute atomic E-state index is 12.5. The summed E-state index contributed by atoms with van der Waals surface area (Å²) in [5, 5.41) is 5.69. The molecule has 0 radical (unpaired) electrons. The van der Waals surface area contributed by atoms with Crippen LogP contribution in [0.5, 0.6) is 0 Å². The summed E-state index contributed by atoms with van der Waals surface area (Å²) in [5.41, 5.74) is 4.50. The fourth-order valence-electron chi connectivity index (χ4n) is 2.57. The van der Waals surface area contributed by atoms with E-state index >= 15 is 0 Å². The van der Waals surface area contributed by atoms with Gasteiger partial charge < -0.3 is 10.6 Å². The molecule has 0 atom stereocenters. The molecule has 0 saturated carbocycles. The largest absolute Gasteiger partial charge is 0.322 e. The number of carbonyl (C=O) groups is 2. The predicted molar refractivity (Wildman–Crippen MR) is 105 cm³/mol. The summed E-state index contributed by atoms with van der Waals surface area (Å²) in [6.07, 6.45) is 0. The van der Waals surface area contributed by atoms with Crippen LogP contribution in [0, 0.1) is 13.8 Å². The molecule has 0 heterocycles. The lowest BCUT2D eigenvalue weighted by molar-refractivity contribution is 0.102. The molecule has 0 spiro atoms. The first-order valence-electron chi connectivity index (χ1n) is 8.37. The zero-order valence-corrected chi connectivity index (χ0v) is 14.7. The van der Waals surface area contributed by atoms with E-state index in [9.17, 15) is 9.59 Å². The Labute approximate surface area is 152 Å². The van der Waals surface area contributed by atoms with Crippen LogP contribution < -0.4 is 10.6 Å². The van der Waals surface area contributed by atoms with Crippen molar-refractivity contribution in [2.45, 2.75) is 13.8 Å². The topological polar surface area (TPSA) is 58.2 Å². The fraction of sp³-hybridized carbons (Fsp3) is 0.0909. The molecule has 130 valence electrons. The summed E-state index contributed by atoms with van der Waals surface area (Å²) < 4.78 is 0. The summed E-state index contributed by atoms with van der Waals surface area (Å²) in [7, 11) is 0. The van der Waals surface area contributed by atoms with E-state index in [0.29, 0.717) is 11.1 Å². The van der Waals surface area contributed by atoms with E-state index in [1.807, 2.05) is 62.4 Å². The van der Waals surface area contributed by atoms with Crippen molar-refractivity contribution in [3.05, 3.63) is 95.1 Å². The average molecular weight is 344 g/mol. The van der Waals surface area contributed by atoms with Crippen LogP contribution in [0.15, 0.2) is 72.8 Å². The third-order valence-electron chi connectivity index (χ3n) is 3.97. The molecular weight excluding hydrogens is 324 g/mol. The van der Waals surface area contributed by atoms with Gasteiger partial charge in [-0.05, 0) is 61.9 Å². The first-order chi connectivity index (χ1) is 12.5. The van der Waals surface area contributed by atoms with E-state index in [1.165, 1.54) is 0 Å². The van der Waals surface area contributed by atoms with Gasteiger partial charge in [0.05, 0.1) is 0 Å². The van der Waals surface area contributed by atoms with E-state index in [4.69, 9.17) is 0 Å². The van der Waals surface area contributed by atoms with E-state index in [-0.39, 0.29) is 11.8 Å². The number of amides is 2. The Morgan fingerprint density at radius 2 is 1.19 bits per heavy atom. The third-order valence-corrected chi connectivity index (χ3v) is 3.97. The van der Waals surface area contributed by atoms with E-state index in [1.54, 1.807) is 24.3 Å². The molecule has 0 saturated heterocycles. The van der Waals surface area contributed by atoms with Crippen molar-refractivity contribution in [2.24, 2.45) is 0 Å².